The molecule has 1 aromatic carbocycles. The van der Waals surface area contributed by atoms with Crippen molar-refractivity contribution < 1.29 is 10.0 Å². The standard InChI is InChI=1S/C10H8N2O2S/c13-9-8(15-10(11-9)12-14)6-7-4-2-1-3-5-7/h1-6,14H,(H,11,12,13). The van der Waals surface area contributed by atoms with Gasteiger partial charge in [-0.05, 0) is 23.4 Å². The van der Waals surface area contributed by atoms with Gasteiger partial charge in [0.05, 0.1) is 4.91 Å². The van der Waals surface area contributed by atoms with Gasteiger partial charge in [-0.3, -0.25) is 10.1 Å². The van der Waals surface area contributed by atoms with E-state index in [0.29, 0.717) is 4.91 Å². The summed E-state index contributed by atoms with van der Waals surface area (Å²) in [6.45, 7) is 0. The SMILES string of the molecule is O=C1N/C(=N\O)SC1=Cc1ccccc1. The predicted octanol–water partition coefficient (Wildman–Crippen LogP) is 1.64. The van der Waals surface area contributed by atoms with Gasteiger partial charge in [0.25, 0.3) is 5.91 Å². The second-order valence-corrected chi connectivity index (χ2v) is 3.91. The van der Waals surface area contributed by atoms with E-state index in [1.54, 1.807) is 6.08 Å². The van der Waals surface area contributed by atoms with Crippen LogP contribution in [0.4, 0.5) is 0 Å². The second kappa shape index (κ2) is 4.18. The van der Waals surface area contributed by atoms with Crippen LogP contribution in [0.25, 0.3) is 6.08 Å². The molecule has 0 aliphatic carbocycles. The first kappa shape index (κ1) is 9.79. The number of benzene rings is 1. The van der Waals surface area contributed by atoms with Crippen LogP contribution in [0.5, 0.6) is 0 Å². The summed E-state index contributed by atoms with van der Waals surface area (Å²) in [6, 6.07) is 9.49. The first-order chi connectivity index (χ1) is 7.29. The largest absolute Gasteiger partial charge is 0.409 e. The summed E-state index contributed by atoms with van der Waals surface area (Å²) in [6.07, 6.45) is 1.75. The minimum Gasteiger partial charge on any atom is -0.409 e. The number of hydrogen-bond donors (Lipinski definition) is 2. The average Bonchev–Trinajstić information content (AvgIpc) is 2.61. The Labute approximate surface area is 90.7 Å². The molecule has 2 N–H and O–H groups in total. The monoisotopic (exact) mass is 220 g/mol. The van der Waals surface area contributed by atoms with Crippen LogP contribution in [0, 0.1) is 0 Å². The third kappa shape index (κ3) is 2.19. The summed E-state index contributed by atoms with van der Waals surface area (Å²) in [5, 5.41) is 14.1. The maximum Gasteiger partial charge on any atom is 0.264 e. The molecular weight excluding hydrogens is 212 g/mol. The molecule has 1 heterocycles. The highest BCUT2D eigenvalue weighted by Gasteiger charge is 2.23. The number of nitrogens with one attached hydrogen (secondary N) is 1. The van der Waals surface area contributed by atoms with Crippen LogP contribution in [0.3, 0.4) is 0 Å². The number of amidine groups is 1. The molecule has 0 aromatic heterocycles. The summed E-state index contributed by atoms with van der Waals surface area (Å²) in [5.74, 6) is -0.239. The van der Waals surface area contributed by atoms with Crippen LogP contribution in [-0.2, 0) is 4.79 Å². The van der Waals surface area contributed by atoms with Crippen molar-refractivity contribution in [2.24, 2.45) is 5.16 Å². The van der Waals surface area contributed by atoms with Crippen molar-refractivity contribution in [3.05, 3.63) is 40.8 Å². The van der Waals surface area contributed by atoms with E-state index in [1.807, 2.05) is 30.3 Å². The lowest BCUT2D eigenvalue weighted by Gasteiger charge is -1.92. The van der Waals surface area contributed by atoms with Gasteiger partial charge in [0, 0.05) is 0 Å². The van der Waals surface area contributed by atoms with E-state index in [-0.39, 0.29) is 11.1 Å². The van der Waals surface area contributed by atoms with E-state index in [2.05, 4.69) is 10.5 Å². The molecule has 4 nitrogen and oxygen atoms in total. The Morgan fingerprint density at radius 1 is 1.33 bits per heavy atom. The fourth-order valence-electron chi connectivity index (χ4n) is 1.18. The molecular formula is C10H8N2O2S. The van der Waals surface area contributed by atoms with E-state index in [1.165, 1.54) is 0 Å². The molecule has 1 saturated heterocycles. The fraction of sp³-hybridized carbons (Fsp3) is 0. The van der Waals surface area contributed by atoms with Crippen molar-refractivity contribution in [1.82, 2.24) is 5.32 Å². The first-order valence-corrected chi connectivity index (χ1v) is 5.09. The number of thioether (sulfide) groups is 1. The van der Waals surface area contributed by atoms with Gasteiger partial charge in [-0.15, -0.1) is 0 Å². The Balaban J connectivity index is 2.26. The minimum absolute atomic E-state index is 0.210. The number of carbonyl (C=O) groups is 1. The Bertz CT molecular complexity index is 440. The molecule has 1 aliphatic rings. The Kier molecular flexibility index (Phi) is 2.73. The first-order valence-electron chi connectivity index (χ1n) is 4.27. The molecule has 0 atom stereocenters. The molecule has 0 bridgehead atoms. The smallest absolute Gasteiger partial charge is 0.264 e. The van der Waals surface area contributed by atoms with Crippen molar-refractivity contribution in [1.29, 1.82) is 0 Å². The van der Waals surface area contributed by atoms with Crippen LogP contribution in [0.15, 0.2) is 40.4 Å². The zero-order valence-electron chi connectivity index (χ0n) is 7.68. The maximum absolute atomic E-state index is 11.4. The van der Waals surface area contributed by atoms with Crippen molar-refractivity contribution in [3.8, 4) is 0 Å². The number of oxime groups is 1. The van der Waals surface area contributed by atoms with Gasteiger partial charge in [-0.1, -0.05) is 35.5 Å². The maximum atomic E-state index is 11.4. The zero-order chi connectivity index (χ0) is 10.7. The molecule has 15 heavy (non-hydrogen) atoms. The number of hydrogen-bond acceptors (Lipinski definition) is 4. The Morgan fingerprint density at radius 2 is 2.07 bits per heavy atom. The van der Waals surface area contributed by atoms with Crippen LogP contribution >= 0.6 is 11.8 Å². The van der Waals surface area contributed by atoms with Gasteiger partial charge in [-0.25, -0.2) is 0 Å². The lowest BCUT2D eigenvalue weighted by molar-refractivity contribution is -0.115. The van der Waals surface area contributed by atoms with Crippen LogP contribution in [-0.4, -0.2) is 16.3 Å². The van der Waals surface area contributed by atoms with Gasteiger partial charge in [0.1, 0.15) is 0 Å². The summed E-state index contributed by atoms with van der Waals surface area (Å²) >= 11 is 1.11. The lowest BCUT2D eigenvalue weighted by atomic mass is 10.2. The Hall–Kier alpha value is -1.75. The summed E-state index contributed by atoms with van der Waals surface area (Å²) < 4.78 is 0. The highest BCUT2D eigenvalue weighted by Crippen LogP contribution is 2.25. The van der Waals surface area contributed by atoms with Crippen LogP contribution in [0.1, 0.15) is 5.56 Å². The third-order valence-electron chi connectivity index (χ3n) is 1.84. The van der Waals surface area contributed by atoms with Gasteiger partial charge in [-0.2, -0.15) is 0 Å². The normalized spacial score (nSPS) is 20.9. The average molecular weight is 220 g/mol. The highest BCUT2D eigenvalue weighted by atomic mass is 32.2. The zero-order valence-corrected chi connectivity index (χ0v) is 8.49. The van der Waals surface area contributed by atoms with Gasteiger partial charge < -0.3 is 5.21 Å². The van der Waals surface area contributed by atoms with E-state index in [0.717, 1.165) is 17.3 Å². The number of carbonyl (C=O) groups excluding carboxylic acids is 1. The quantitative estimate of drug-likeness (QED) is 0.429. The molecule has 0 radical (unpaired) electrons. The van der Waals surface area contributed by atoms with Crippen molar-refractivity contribution in [3.63, 3.8) is 0 Å². The highest BCUT2D eigenvalue weighted by molar-refractivity contribution is 8.18. The van der Waals surface area contributed by atoms with E-state index in [9.17, 15) is 4.79 Å². The molecule has 1 aliphatic heterocycles. The Morgan fingerprint density at radius 3 is 2.67 bits per heavy atom. The lowest BCUT2D eigenvalue weighted by Crippen LogP contribution is -2.19. The second-order valence-electron chi connectivity index (χ2n) is 2.88. The van der Waals surface area contributed by atoms with Crippen molar-refractivity contribution in [2.75, 3.05) is 0 Å². The third-order valence-corrected chi connectivity index (χ3v) is 2.74. The summed E-state index contributed by atoms with van der Waals surface area (Å²) in [7, 11) is 0. The van der Waals surface area contributed by atoms with Crippen molar-refractivity contribution in [2.45, 2.75) is 0 Å². The number of rotatable bonds is 1. The number of amides is 1. The van der Waals surface area contributed by atoms with E-state index in [4.69, 9.17) is 5.21 Å². The van der Waals surface area contributed by atoms with Gasteiger partial charge >= 0.3 is 0 Å². The number of nitrogens with zero attached hydrogens (tertiary/aromatic N) is 1. The van der Waals surface area contributed by atoms with E-state index >= 15 is 0 Å². The molecule has 0 saturated carbocycles. The molecule has 5 heteroatoms. The topological polar surface area (TPSA) is 61.7 Å². The summed E-state index contributed by atoms with van der Waals surface area (Å²) in [5.41, 5.74) is 0.939. The molecule has 1 fully saturated rings. The fourth-order valence-corrected chi connectivity index (χ4v) is 1.91. The van der Waals surface area contributed by atoms with Gasteiger partial charge in [0.2, 0.25) is 5.17 Å². The van der Waals surface area contributed by atoms with Crippen LogP contribution in [0.2, 0.25) is 0 Å². The van der Waals surface area contributed by atoms with Crippen molar-refractivity contribution >= 4 is 28.9 Å². The molecule has 1 aromatic rings. The molecule has 0 spiro atoms. The van der Waals surface area contributed by atoms with Crippen LogP contribution < -0.4 is 5.32 Å². The molecule has 76 valence electrons. The van der Waals surface area contributed by atoms with Gasteiger partial charge in [0.15, 0.2) is 0 Å². The predicted molar refractivity (Wildman–Crippen MR) is 59.4 cm³/mol. The molecule has 0 unspecified atom stereocenters. The molecule has 1 amide bonds. The summed E-state index contributed by atoms with van der Waals surface area (Å²) in [4.78, 5) is 11.9. The van der Waals surface area contributed by atoms with E-state index < -0.39 is 0 Å². The minimum atomic E-state index is -0.239. The molecule has 2 rings (SSSR count).